The Hall–Kier alpha value is -3.02. The standard InChI is InChI=1S/C15H12N2O4/c18-11-3-1-4-12(7-11)21-9-10-8-16-14-13(15(19)20)5-2-6-17(10)14/h1-8,18H,9H2,(H,19,20). The summed E-state index contributed by atoms with van der Waals surface area (Å²) in [6.07, 6.45) is 3.31. The van der Waals surface area contributed by atoms with E-state index in [0.717, 1.165) is 5.69 Å². The zero-order valence-corrected chi connectivity index (χ0v) is 10.9. The fourth-order valence-electron chi connectivity index (χ4n) is 2.07. The van der Waals surface area contributed by atoms with E-state index >= 15 is 0 Å². The summed E-state index contributed by atoms with van der Waals surface area (Å²) in [5.41, 5.74) is 1.23. The number of phenols is 1. The van der Waals surface area contributed by atoms with Crippen molar-refractivity contribution in [1.29, 1.82) is 0 Å². The number of carbonyl (C=O) groups is 1. The topological polar surface area (TPSA) is 84.1 Å². The zero-order chi connectivity index (χ0) is 14.8. The third-order valence-corrected chi connectivity index (χ3v) is 3.05. The lowest BCUT2D eigenvalue weighted by Crippen LogP contribution is -2.03. The summed E-state index contributed by atoms with van der Waals surface area (Å²) in [4.78, 5) is 15.3. The largest absolute Gasteiger partial charge is 0.508 e. The molecule has 6 nitrogen and oxygen atoms in total. The molecule has 0 atom stereocenters. The van der Waals surface area contributed by atoms with Gasteiger partial charge in [-0.25, -0.2) is 9.78 Å². The minimum atomic E-state index is -1.02. The van der Waals surface area contributed by atoms with Crippen LogP contribution in [0, 0.1) is 0 Å². The Bertz CT molecular complexity index is 810. The smallest absolute Gasteiger partial charge is 0.339 e. The molecule has 2 N–H and O–H groups in total. The molecule has 2 heterocycles. The highest BCUT2D eigenvalue weighted by molar-refractivity contribution is 5.94. The number of hydrogen-bond acceptors (Lipinski definition) is 4. The molecule has 0 bridgehead atoms. The fraction of sp³-hybridized carbons (Fsp3) is 0.0667. The van der Waals surface area contributed by atoms with Crippen LogP contribution in [0.1, 0.15) is 16.1 Å². The van der Waals surface area contributed by atoms with Crippen LogP contribution in [0.3, 0.4) is 0 Å². The first-order chi connectivity index (χ1) is 10.1. The molecule has 0 spiro atoms. The van der Waals surface area contributed by atoms with E-state index in [1.54, 1.807) is 41.1 Å². The Kier molecular flexibility index (Phi) is 3.19. The Morgan fingerprint density at radius 3 is 2.90 bits per heavy atom. The number of pyridine rings is 1. The average molecular weight is 284 g/mol. The van der Waals surface area contributed by atoms with Gasteiger partial charge in [-0.15, -0.1) is 0 Å². The van der Waals surface area contributed by atoms with Crippen LogP contribution in [-0.2, 0) is 6.61 Å². The van der Waals surface area contributed by atoms with Crippen molar-refractivity contribution in [2.45, 2.75) is 6.61 Å². The van der Waals surface area contributed by atoms with Crippen LogP contribution in [0.25, 0.3) is 5.65 Å². The Morgan fingerprint density at radius 1 is 1.29 bits per heavy atom. The van der Waals surface area contributed by atoms with Gasteiger partial charge in [0.2, 0.25) is 0 Å². The average Bonchev–Trinajstić information content (AvgIpc) is 2.88. The molecule has 21 heavy (non-hydrogen) atoms. The molecule has 3 aromatic rings. The fourth-order valence-corrected chi connectivity index (χ4v) is 2.07. The third kappa shape index (κ3) is 2.51. The first-order valence-corrected chi connectivity index (χ1v) is 6.25. The minimum Gasteiger partial charge on any atom is -0.508 e. The van der Waals surface area contributed by atoms with Crippen LogP contribution >= 0.6 is 0 Å². The van der Waals surface area contributed by atoms with Crippen molar-refractivity contribution in [3.63, 3.8) is 0 Å². The van der Waals surface area contributed by atoms with Crippen LogP contribution in [0.15, 0.2) is 48.8 Å². The van der Waals surface area contributed by atoms with Crippen molar-refractivity contribution >= 4 is 11.6 Å². The molecular formula is C15H12N2O4. The predicted molar refractivity (Wildman–Crippen MR) is 74.6 cm³/mol. The number of aromatic nitrogens is 2. The highest BCUT2D eigenvalue weighted by Gasteiger charge is 2.12. The third-order valence-electron chi connectivity index (χ3n) is 3.05. The van der Waals surface area contributed by atoms with Crippen LogP contribution < -0.4 is 4.74 Å². The summed E-state index contributed by atoms with van der Waals surface area (Å²) in [7, 11) is 0. The van der Waals surface area contributed by atoms with Gasteiger partial charge in [0.25, 0.3) is 0 Å². The van der Waals surface area contributed by atoms with Gasteiger partial charge < -0.3 is 14.9 Å². The van der Waals surface area contributed by atoms with E-state index in [4.69, 9.17) is 9.84 Å². The minimum absolute atomic E-state index is 0.124. The maximum atomic E-state index is 11.1. The predicted octanol–water partition coefficient (Wildman–Crippen LogP) is 2.32. The molecule has 3 rings (SSSR count). The molecule has 0 aliphatic rings. The summed E-state index contributed by atoms with van der Waals surface area (Å²) in [6.45, 7) is 0.216. The molecule has 0 saturated carbocycles. The molecule has 0 aliphatic carbocycles. The number of phenolic OH excluding ortho intramolecular Hbond substituents is 1. The van der Waals surface area contributed by atoms with Gasteiger partial charge in [-0.3, -0.25) is 4.40 Å². The summed E-state index contributed by atoms with van der Waals surface area (Å²) in [6, 6.07) is 9.62. The Labute approximate surface area is 119 Å². The Morgan fingerprint density at radius 2 is 2.14 bits per heavy atom. The molecule has 0 amide bonds. The van der Waals surface area contributed by atoms with Crippen molar-refractivity contribution < 1.29 is 19.7 Å². The number of rotatable bonds is 4. The van der Waals surface area contributed by atoms with E-state index < -0.39 is 5.97 Å². The molecule has 0 fully saturated rings. The molecule has 0 aliphatic heterocycles. The van der Waals surface area contributed by atoms with Crippen molar-refractivity contribution in [2.75, 3.05) is 0 Å². The Balaban J connectivity index is 1.88. The molecule has 0 unspecified atom stereocenters. The summed E-state index contributed by atoms with van der Waals surface area (Å²) in [5, 5.41) is 18.5. The van der Waals surface area contributed by atoms with Crippen molar-refractivity contribution in [3.8, 4) is 11.5 Å². The lowest BCUT2D eigenvalue weighted by molar-refractivity contribution is 0.0698. The summed E-state index contributed by atoms with van der Waals surface area (Å²) < 4.78 is 7.24. The van der Waals surface area contributed by atoms with E-state index in [0.29, 0.717) is 11.4 Å². The molecule has 6 heteroatoms. The van der Waals surface area contributed by atoms with Gasteiger partial charge >= 0.3 is 5.97 Å². The second-order valence-electron chi connectivity index (χ2n) is 4.46. The van der Waals surface area contributed by atoms with E-state index in [-0.39, 0.29) is 17.9 Å². The number of carboxylic acids is 1. The van der Waals surface area contributed by atoms with E-state index in [2.05, 4.69) is 4.98 Å². The molecular weight excluding hydrogens is 272 g/mol. The van der Waals surface area contributed by atoms with Gasteiger partial charge in [0, 0.05) is 12.3 Å². The summed E-state index contributed by atoms with van der Waals surface area (Å²) >= 11 is 0. The number of aromatic hydroxyl groups is 1. The number of nitrogens with zero attached hydrogens (tertiary/aromatic N) is 2. The summed E-state index contributed by atoms with van der Waals surface area (Å²) in [5.74, 6) is -0.371. The highest BCUT2D eigenvalue weighted by Crippen LogP contribution is 2.19. The van der Waals surface area contributed by atoms with Gasteiger partial charge in [0.05, 0.1) is 11.9 Å². The van der Waals surface area contributed by atoms with Crippen LogP contribution in [0.5, 0.6) is 11.5 Å². The number of imidazole rings is 1. The lowest BCUT2D eigenvalue weighted by atomic mass is 10.3. The number of ether oxygens (including phenoxy) is 1. The number of benzene rings is 1. The van der Waals surface area contributed by atoms with Crippen molar-refractivity contribution in [2.24, 2.45) is 0 Å². The SMILES string of the molecule is O=C(O)c1cccn2c(COc3cccc(O)c3)cnc12. The van der Waals surface area contributed by atoms with Gasteiger partial charge in [-0.2, -0.15) is 0 Å². The normalized spacial score (nSPS) is 10.7. The molecule has 0 radical (unpaired) electrons. The second kappa shape index (κ2) is 5.16. The number of hydrogen-bond donors (Lipinski definition) is 2. The van der Waals surface area contributed by atoms with E-state index in [1.807, 2.05) is 0 Å². The molecule has 0 saturated heterocycles. The van der Waals surface area contributed by atoms with E-state index in [1.165, 1.54) is 12.1 Å². The molecule has 2 aromatic heterocycles. The van der Waals surface area contributed by atoms with Crippen LogP contribution in [0.2, 0.25) is 0 Å². The van der Waals surface area contributed by atoms with Gasteiger partial charge in [0.15, 0.2) is 5.65 Å². The van der Waals surface area contributed by atoms with Crippen molar-refractivity contribution in [3.05, 3.63) is 60.0 Å². The highest BCUT2D eigenvalue weighted by atomic mass is 16.5. The second-order valence-corrected chi connectivity index (χ2v) is 4.46. The quantitative estimate of drug-likeness (QED) is 0.768. The molecule has 106 valence electrons. The molecule has 1 aromatic carbocycles. The number of aromatic carboxylic acids is 1. The number of fused-ring (bicyclic) bond motifs is 1. The van der Waals surface area contributed by atoms with Gasteiger partial charge in [-0.1, -0.05) is 6.07 Å². The zero-order valence-electron chi connectivity index (χ0n) is 10.9. The first-order valence-electron chi connectivity index (χ1n) is 6.25. The monoisotopic (exact) mass is 284 g/mol. The maximum Gasteiger partial charge on any atom is 0.339 e. The van der Waals surface area contributed by atoms with Gasteiger partial charge in [-0.05, 0) is 24.3 Å². The van der Waals surface area contributed by atoms with Crippen LogP contribution in [-0.4, -0.2) is 25.6 Å². The number of carboxylic acid groups (broad SMARTS) is 1. The maximum absolute atomic E-state index is 11.1. The van der Waals surface area contributed by atoms with Crippen molar-refractivity contribution in [1.82, 2.24) is 9.38 Å². The lowest BCUT2D eigenvalue weighted by Gasteiger charge is -2.06. The first kappa shape index (κ1) is 13.0. The van der Waals surface area contributed by atoms with E-state index in [9.17, 15) is 9.90 Å². The van der Waals surface area contributed by atoms with Gasteiger partial charge in [0.1, 0.15) is 23.7 Å². The van der Waals surface area contributed by atoms with Crippen LogP contribution in [0.4, 0.5) is 0 Å².